The van der Waals surface area contributed by atoms with Gasteiger partial charge in [0.25, 0.3) is 10.1 Å². The Kier molecular flexibility index (Phi) is 2.35. The minimum absolute atomic E-state index is 0.0344. The van der Waals surface area contributed by atoms with Crippen molar-refractivity contribution in [3.63, 3.8) is 0 Å². The summed E-state index contributed by atoms with van der Waals surface area (Å²) in [6.07, 6.45) is 3.86. The van der Waals surface area contributed by atoms with Crippen LogP contribution in [0.5, 0.6) is 0 Å². The number of fused-ring (bicyclic) bond motifs is 3. The number of aryl methyl sites for hydroxylation is 1. The first-order chi connectivity index (χ1) is 10.1. The summed E-state index contributed by atoms with van der Waals surface area (Å²) in [5.74, 6) is 4.23. The van der Waals surface area contributed by atoms with Gasteiger partial charge in [0.15, 0.2) is 0 Å². The molecule has 0 saturated heterocycles. The highest BCUT2D eigenvalue weighted by molar-refractivity contribution is 7.86. The van der Waals surface area contributed by atoms with Crippen LogP contribution in [0.25, 0.3) is 0 Å². The molecule has 7 atom stereocenters. The van der Waals surface area contributed by atoms with Crippen LogP contribution in [-0.4, -0.2) is 14.5 Å². The normalized spacial score (nSPS) is 45.9. The summed E-state index contributed by atoms with van der Waals surface area (Å²) in [7, 11) is -3.61. The fourth-order valence-electron chi connectivity index (χ4n) is 6.07. The Bertz CT molecular complexity index is 687. The second-order valence-corrected chi connectivity index (χ2v) is 9.02. The molecule has 0 aromatic heterocycles. The molecule has 4 aliphatic rings. The fraction of sp³-hybridized carbons (Fsp3) is 0.647. The first-order valence-electron chi connectivity index (χ1n) is 8.06. The molecule has 4 saturated carbocycles. The zero-order valence-electron chi connectivity index (χ0n) is 12.1. The lowest BCUT2D eigenvalue weighted by molar-refractivity contribution is -0.0255. The predicted octanol–water partition coefficient (Wildman–Crippen LogP) is 2.99. The van der Waals surface area contributed by atoms with Crippen LogP contribution in [0.15, 0.2) is 29.2 Å². The maximum absolute atomic E-state index is 12.5. The molecule has 0 aliphatic heterocycles. The summed E-state index contributed by atoms with van der Waals surface area (Å²) in [5.41, 5.74) is 1.06. The van der Waals surface area contributed by atoms with Crippen molar-refractivity contribution >= 4 is 10.1 Å². The van der Waals surface area contributed by atoms with Gasteiger partial charge in [0.05, 0.1) is 11.0 Å². The summed E-state index contributed by atoms with van der Waals surface area (Å²) in [5, 5.41) is 0. The highest BCUT2D eigenvalue weighted by atomic mass is 32.2. The van der Waals surface area contributed by atoms with Crippen LogP contribution in [0.1, 0.15) is 24.8 Å². The minimum Gasteiger partial charge on any atom is -0.262 e. The van der Waals surface area contributed by atoms with E-state index >= 15 is 0 Å². The topological polar surface area (TPSA) is 43.4 Å². The average molecular weight is 304 g/mol. The molecule has 0 N–H and O–H groups in total. The monoisotopic (exact) mass is 304 g/mol. The first kappa shape index (κ1) is 12.7. The molecule has 1 aromatic rings. The summed E-state index contributed by atoms with van der Waals surface area (Å²) >= 11 is 0. The van der Waals surface area contributed by atoms with E-state index in [1.54, 1.807) is 12.1 Å². The smallest absolute Gasteiger partial charge is 0.262 e. The van der Waals surface area contributed by atoms with Crippen LogP contribution in [-0.2, 0) is 14.3 Å². The zero-order chi connectivity index (χ0) is 14.4. The quantitative estimate of drug-likeness (QED) is 0.806. The summed E-state index contributed by atoms with van der Waals surface area (Å²) in [4.78, 5) is 0.304. The molecule has 0 amide bonds. The van der Waals surface area contributed by atoms with Crippen LogP contribution in [0.4, 0.5) is 0 Å². The lowest BCUT2D eigenvalue weighted by Gasteiger charge is -2.48. The first-order valence-corrected chi connectivity index (χ1v) is 9.47. The van der Waals surface area contributed by atoms with Crippen LogP contribution < -0.4 is 0 Å². The van der Waals surface area contributed by atoms with Crippen LogP contribution in [0, 0.1) is 42.4 Å². The number of hydrogen-bond acceptors (Lipinski definition) is 3. The molecule has 5 rings (SSSR count). The van der Waals surface area contributed by atoms with Crippen LogP contribution >= 0.6 is 0 Å². The molecule has 2 bridgehead atoms. The van der Waals surface area contributed by atoms with E-state index in [2.05, 4.69) is 0 Å². The SMILES string of the molecule is Cc1ccc(S(=O)(=O)O[C@@H]2[C@H]3C[C@@H]4[C@@H]5CC[C@H]3[C@H]5[C@H]42)cc1. The molecule has 4 aliphatic carbocycles. The Hall–Kier alpha value is -0.870. The molecule has 1 aromatic carbocycles. The van der Waals surface area contributed by atoms with E-state index in [-0.39, 0.29) is 6.10 Å². The van der Waals surface area contributed by atoms with Crippen molar-refractivity contribution in [1.29, 1.82) is 0 Å². The molecule has 4 fully saturated rings. The van der Waals surface area contributed by atoms with Crippen LogP contribution in [0.2, 0.25) is 0 Å². The van der Waals surface area contributed by atoms with Crippen molar-refractivity contribution in [2.24, 2.45) is 35.5 Å². The third-order valence-electron chi connectivity index (χ3n) is 6.75. The number of rotatable bonds is 3. The number of hydrogen-bond donors (Lipinski definition) is 0. The third kappa shape index (κ3) is 1.50. The van der Waals surface area contributed by atoms with Gasteiger partial charge in [-0.15, -0.1) is 0 Å². The Morgan fingerprint density at radius 2 is 1.62 bits per heavy atom. The van der Waals surface area contributed by atoms with Gasteiger partial charge in [0, 0.05) is 0 Å². The largest absolute Gasteiger partial charge is 0.297 e. The third-order valence-corrected chi connectivity index (χ3v) is 8.08. The van der Waals surface area contributed by atoms with Crippen molar-refractivity contribution in [2.75, 3.05) is 0 Å². The summed E-state index contributed by atoms with van der Waals surface area (Å²) in [6.45, 7) is 1.96. The highest BCUT2D eigenvalue weighted by Crippen LogP contribution is 2.75. The van der Waals surface area contributed by atoms with Crippen molar-refractivity contribution < 1.29 is 12.6 Å². The van der Waals surface area contributed by atoms with Gasteiger partial charge in [0.1, 0.15) is 0 Å². The maximum atomic E-state index is 12.5. The predicted molar refractivity (Wildman–Crippen MR) is 78.0 cm³/mol. The zero-order valence-corrected chi connectivity index (χ0v) is 12.9. The maximum Gasteiger partial charge on any atom is 0.297 e. The van der Waals surface area contributed by atoms with Crippen molar-refractivity contribution in [3.05, 3.63) is 29.8 Å². The van der Waals surface area contributed by atoms with Gasteiger partial charge in [-0.1, -0.05) is 17.7 Å². The summed E-state index contributed by atoms with van der Waals surface area (Å²) < 4.78 is 30.8. The highest BCUT2D eigenvalue weighted by Gasteiger charge is 2.73. The lowest BCUT2D eigenvalue weighted by Crippen LogP contribution is -2.45. The second kappa shape index (κ2) is 3.90. The van der Waals surface area contributed by atoms with E-state index in [0.717, 1.165) is 29.2 Å². The lowest BCUT2D eigenvalue weighted by atomic mass is 9.56. The molecule has 21 heavy (non-hydrogen) atoms. The van der Waals surface area contributed by atoms with Crippen molar-refractivity contribution in [1.82, 2.24) is 0 Å². The van der Waals surface area contributed by atoms with Gasteiger partial charge >= 0.3 is 0 Å². The van der Waals surface area contributed by atoms with Gasteiger partial charge < -0.3 is 0 Å². The Morgan fingerprint density at radius 1 is 0.952 bits per heavy atom. The van der Waals surface area contributed by atoms with E-state index in [1.165, 1.54) is 19.3 Å². The van der Waals surface area contributed by atoms with E-state index in [0.29, 0.717) is 16.7 Å². The Balaban J connectivity index is 1.43. The van der Waals surface area contributed by atoms with E-state index in [1.807, 2.05) is 19.1 Å². The van der Waals surface area contributed by atoms with Gasteiger partial charge in [-0.05, 0) is 73.8 Å². The van der Waals surface area contributed by atoms with Crippen molar-refractivity contribution in [2.45, 2.75) is 37.2 Å². The standard InChI is InChI=1S/C17H20O3S/c1-9-2-4-10(5-3-9)21(18,19)20-17-14-8-13-11-6-7-12(14)15(11)16(13)17/h2-5,11-17H,6-8H2,1H3/t11-,12+,13+,14-,15-,16-,17+/m0/s1. The van der Waals surface area contributed by atoms with Gasteiger partial charge in [-0.3, -0.25) is 4.18 Å². The van der Waals surface area contributed by atoms with Crippen molar-refractivity contribution in [3.8, 4) is 0 Å². The molecule has 112 valence electrons. The summed E-state index contributed by atoms with van der Waals surface area (Å²) in [6, 6.07) is 6.99. The Labute approximate surface area is 125 Å². The van der Waals surface area contributed by atoms with Gasteiger partial charge in [0.2, 0.25) is 0 Å². The Morgan fingerprint density at radius 3 is 2.29 bits per heavy atom. The molecule has 0 unspecified atom stereocenters. The second-order valence-electron chi connectivity index (χ2n) is 7.45. The average Bonchev–Trinajstić information content (AvgIpc) is 2.95. The van der Waals surface area contributed by atoms with Gasteiger partial charge in [-0.25, -0.2) is 0 Å². The van der Waals surface area contributed by atoms with E-state index in [4.69, 9.17) is 4.18 Å². The van der Waals surface area contributed by atoms with E-state index < -0.39 is 10.1 Å². The molecule has 3 nitrogen and oxygen atoms in total. The van der Waals surface area contributed by atoms with Gasteiger partial charge in [-0.2, -0.15) is 8.42 Å². The minimum atomic E-state index is -3.61. The molecule has 0 radical (unpaired) electrons. The van der Waals surface area contributed by atoms with E-state index in [9.17, 15) is 8.42 Å². The van der Waals surface area contributed by atoms with Crippen LogP contribution in [0.3, 0.4) is 0 Å². The molecular formula is C17H20O3S. The molecule has 0 spiro atoms. The number of benzene rings is 1. The fourth-order valence-corrected chi connectivity index (χ4v) is 7.22. The molecule has 4 heteroatoms. The molecular weight excluding hydrogens is 284 g/mol. The molecule has 0 heterocycles.